The molecule has 1 unspecified atom stereocenters. The smallest absolute Gasteiger partial charge is 0.395 e. The van der Waals surface area contributed by atoms with E-state index in [1.165, 1.54) is 4.90 Å². The van der Waals surface area contributed by atoms with Crippen molar-refractivity contribution in [2.45, 2.75) is 31.1 Å². The summed E-state index contributed by atoms with van der Waals surface area (Å²) in [5.41, 5.74) is 0. The Kier molecular flexibility index (Phi) is 6.34. The average molecular weight is 270 g/mol. The Morgan fingerprint density at radius 2 is 2.00 bits per heavy atom. The molecule has 0 aromatic carbocycles. The Morgan fingerprint density at radius 1 is 1.39 bits per heavy atom. The van der Waals surface area contributed by atoms with E-state index in [1.54, 1.807) is 7.11 Å². The number of ether oxygens (including phenoxy) is 1. The molecular formula is C11H21F3N2O2. The van der Waals surface area contributed by atoms with Gasteiger partial charge in [-0.25, -0.2) is 0 Å². The predicted molar refractivity (Wildman–Crippen MR) is 61.4 cm³/mol. The lowest BCUT2D eigenvalue weighted by atomic mass is 10.0. The number of alkyl halides is 3. The fourth-order valence-electron chi connectivity index (χ4n) is 2.20. The van der Waals surface area contributed by atoms with Crippen LogP contribution in [0.4, 0.5) is 13.2 Å². The Labute approximate surface area is 105 Å². The van der Waals surface area contributed by atoms with Gasteiger partial charge < -0.3 is 15.2 Å². The van der Waals surface area contributed by atoms with Crippen molar-refractivity contribution in [1.29, 1.82) is 0 Å². The molecule has 0 bridgehead atoms. The van der Waals surface area contributed by atoms with Crippen molar-refractivity contribution in [3.05, 3.63) is 0 Å². The number of rotatable bonds is 6. The van der Waals surface area contributed by atoms with E-state index in [1.807, 2.05) is 0 Å². The van der Waals surface area contributed by atoms with Crippen LogP contribution in [-0.4, -0.2) is 68.2 Å². The first-order chi connectivity index (χ1) is 8.44. The van der Waals surface area contributed by atoms with E-state index in [0.717, 1.165) is 0 Å². The molecule has 1 aliphatic rings. The van der Waals surface area contributed by atoms with E-state index < -0.39 is 12.7 Å². The van der Waals surface area contributed by atoms with Crippen molar-refractivity contribution in [3.63, 3.8) is 0 Å². The van der Waals surface area contributed by atoms with E-state index in [2.05, 4.69) is 5.32 Å². The van der Waals surface area contributed by atoms with Crippen molar-refractivity contribution >= 4 is 0 Å². The summed E-state index contributed by atoms with van der Waals surface area (Å²) in [6.45, 7) is 0.404. The van der Waals surface area contributed by atoms with E-state index in [-0.39, 0.29) is 18.7 Å². The van der Waals surface area contributed by atoms with Gasteiger partial charge in [0.15, 0.2) is 0 Å². The summed E-state index contributed by atoms with van der Waals surface area (Å²) < 4.78 is 41.5. The van der Waals surface area contributed by atoms with E-state index in [0.29, 0.717) is 32.5 Å². The number of nitrogens with one attached hydrogen (secondary N) is 1. The normalized spacial score (nSPS) is 21.2. The molecule has 18 heavy (non-hydrogen) atoms. The molecule has 0 aromatic heterocycles. The largest absolute Gasteiger partial charge is 0.401 e. The number of hydrogen-bond donors (Lipinski definition) is 2. The van der Waals surface area contributed by atoms with Crippen molar-refractivity contribution < 1.29 is 23.0 Å². The molecule has 0 amide bonds. The Morgan fingerprint density at radius 3 is 2.44 bits per heavy atom. The van der Waals surface area contributed by atoms with Gasteiger partial charge in [0.05, 0.1) is 25.8 Å². The van der Waals surface area contributed by atoms with Crippen LogP contribution in [0.3, 0.4) is 0 Å². The second-order valence-electron chi connectivity index (χ2n) is 4.67. The van der Waals surface area contributed by atoms with Gasteiger partial charge in [0.2, 0.25) is 0 Å². The zero-order valence-corrected chi connectivity index (χ0v) is 10.5. The van der Waals surface area contributed by atoms with Crippen molar-refractivity contribution in [3.8, 4) is 0 Å². The fraction of sp³-hybridized carbons (Fsp3) is 1.00. The van der Waals surface area contributed by atoms with Crippen LogP contribution in [0.1, 0.15) is 12.8 Å². The second-order valence-corrected chi connectivity index (χ2v) is 4.67. The van der Waals surface area contributed by atoms with Crippen LogP contribution >= 0.6 is 0 Å². The second kappa shape index (κ2) is 7.28. The van der Waals surface area contributed by atoms with E-state index in [9.17, 15) is 13.2 Å². The fourth-order valence-corrected chi connectivity index (χ4v) is 2.20. The number of aliphatic hydroxyl groups is 1. The molecule has 0 spiro atoms. The van der Waals surface area contributed by atoms with Gasteiger partial charge in [-0.3, -0.25) is 4.90 Å². The first-order valence-corrected chi connectivity index (χ1v) is 6.09. The lowest BCUT2D eigenvalue weighted by Gasteiger charge is -2.34. The van der Waals surface area contributed by atoms with Crippen LogP contribution in [0.25, 0.3) is 0 Å². The molecule has 0 aromatic rings. The average Bonchev–Trinajstić information content (AvgIpc) is 2.29. The van der Waals surface area contributed by atoms with E-state index >= 15 is 0 Å². The summed E-state index contributed by atoms with van der Waals surface area (Å²) in [5.74, 6) is 0. The van der Waals surface area contributed by atoms with Gasteiger partial charge in [-0.05, 0) is 25.9 Å². The molecular weight excluding hydrogens is 249 g/mol. The van der Waals surface area contributed by atoms with Crippen molar-refractivity contribution in [2.24, 2.45) is 0 Å². The third-order valence-corrected chi connectivity index (χ3v) is 3.05. The number of piperidine rings is 1. The van der Waals surface area contributed by atoms with Crippen LogP contribution in [0, 0.1) is 0 Å². The third kappa shape index (κ3) is 5.99. The molecule has 1 atom stereocenters. The van der Waals surface area contributed by atoms with E-state index in [4.69, 9.17) is 9.84 Å². The van der Waals surface area contributed by atoms with Crippen LogP contribution < -0.4 is 5.32 Å². The van der Waals surface area contributed by atoms with Crippen LogP contribution in [0.2, 0.25) is 0 Å². The molecule has 1 heterocycles. The quantitative estimate of drug-likeness (QED) is 0.742. The highest BCUT2D eigenvalue weighted by Crippen LogP contribution is 2.19. The lowest BCUT2D eigenvalue weighted by molar-refractivity contribution is -0.148. The monoisotopic (exact) mass is 270 g/mol. The Bertz CT molecular complexity index is 231. The number of halogens is 3. The first kappa shape index (κ1) is 15.7. The van der Waals surface area contributed by atoms with Gasteiger partial charge in [-0.1, -0.05) is 0 Å². The predicted octanol–water partition coefficient (Wildman–Crippen LogP) is 0.610. The standard InChI is InChI=1S/C11H21F3N2O2/c1-18-7-10(6-17)15-9-2-4-16(5-3-9)8-11(12,13)14/h9-10,15,17H,2-8H2,1H3. The summed E-state index contributed by atoms with van der Waals surface area (Å²) in [4.78, 5) is 1.42. The number of aliphatic hydroxyl groups excluding tert-OH is 1. The summed E-state index contributed by atoms with van der Waals surface area (Å²) >= 11 is 0. The topological polar surface area (TPSA) is 44.7 Å². The highest BCUT2D eigenvalue weighted by atomic mass is 19.4. The van der Waals surface area contributed by atoms with Gasteiger partial charge >= 0.3 is 6.18 Å². The SMILES string of the molecule is COCC(CO)NC1CCN(CC(F)(F)F)CC1. The maximum absolute atomic E-state index is 12.2. The molecule has 0 aliphatic carbocycles. The minimum absolute atomic E-state index is 0.0311. The van der Waals surface area contributed by atoms with Gasteiger partial charge in [-0.2, -0.15) is 13.2 Å². The zero-order valence-electron chi connectivity index (χ0n) is 10.5. The summed E-state index contributed by atoms with van der Waals surface area (Å²) in [7, 11) is 1.55. The number of methoxy groups -OCH3 is 1. The molecule has 1 aliphatic heterocycles. The van der Waals surface area contributed by atoms with Crippen molar-refractivity contribution in [1.82, 2.24) is 10.2 Å². The molecule has 4 nitrogen and oxygen atoms in total. The molecule has 1 saturated heterocycles. The third-order valence-electron chi connectivity index (χ3n) is 3.05. The van der Waals surface area contributed by atoms with Gasteiger partial charge in [0.1, 0.15) is 0 Å². The molecule has 108 valence electrons. The maximum Gasteiger partial charge on any atom is 0.401 e. The zero-order chi connectivity index (χ0) is 13.6. The molecule has 1 rings (SSSR count). The van der Waals surface area contributed by atoms with Crippen LogP contribution in [0.5, 0.6) is 0 Å². The van der Waals surface area contributed by atoms with Crippen LogP contribution in [0.15, 0.2) is 0 Å². The minimum Gasteiger partial charge on any atom is -0.395 e. The Hall–Kier alpha value is -0.370. The molecule has 7 heteroatoms. The minimum atomic E-state index is -4.12. The first-order valence-electron chi connectivity index (χ1n) is 6.09. The summed E-state index contributed by atoms with van der Waals surface area (Å²) in [5, 5.41) is 12.3. The lowest BCUT2D eigenvalue weighted by Crippen LogP contribution is -2.50. The summed E-state index contributed by atoms with van der Waals surface area (Å²) in [6.07, 6.45) is -2.80. The Balaban J connectivity index is 2.26. The molecule has 0 saturated carbocycles. The number of nitrogens with zero attached hydrogens (tertiary/aromatic N) is 1. The number of likely N-dealkylation sites (tertiary alicyclic amines) is 1. The molecule has 0 radical (unpaired) electrons. The number of hydrogen-bond acceptors (Lipinski definition) is 4. The molecule has 2 N–H and O–H groups in total. The molecule has 1 fully saturated rings. The van der Waals surface area contributed by atoms with Gasteiger partial charge in [0.25, 0.3) is 0 Å². The van der Waals surface area contributed by atoms with Gasteiger partial charge in [-0.15, -0.1) is 0 Å². The van der Waals surface area contributed by atoms with Crippen LogP contribution in [-0.2, 0) is 4.74 Å². The van der Waals surface area contributed by atoms with Gasteiger partial charge in [0, 0.05) is 13.2 Å². The summed E-state index contributed by atoms with van der Waals surface area (Å²) in [6, 6.07) is 0.0101. The highest BCUT2D eigenvalue weighted by Gasteiger charge is 2.32. The maximum atomic E-state index is 12.2. The highest BCUT2D eigenvalue weighted by molar-refractivity contribution is 4.81. The van der Waals surface area contributed by atoms with Crippen molar-refractivity contribution in [2.75, 3.05) is 40.0 Å².